The number of ether oxygens (including phenoxy) is 2. The number of nitrogens with zero attached hydrogens (tertiary/aromatic N) is 4. The van der Waals surface area contributed by atoms with E-state index in [0.29, 0.717) is 25.2 Å². The molecule has 6 heteroatoms. The molecule has 2 saturated heterocycles. The Kier molecular flexibility index (Phi) is 4.71. The topological polar surface area (TPSA) is 52.4 Å². The third-order valence-electron chi connectivity index (χ3n) is 6.29. The van der Waals surface area contributed by atoms with Crippen molar-refractivity contribution in [2.45, 2.75) is 50.9 Å². The van der Waals surface area contributed by atoms with Gasteiger partial charge in [0.2, 0.25) is 0 Å². The van der Waals surface area contributed by atoms with Crippen molar-refractivity contribution >= 4 is 0 Å². The van der Waals surface area contributed by atoms with Crippen molar-refractivity contribution in [3.05, 3.63) is 35.2 Å². The van der Waals surface area contributed by atoms with Gasteiger partial charge in [0, 0.05) is 24.7 Å². The molecular weight excluding hydrogens is 340 g/mol. The molecule has 0 N–H and O–H groups in total. The van der Waals surface area contributed by atoms with Gasteiger partial charge in [0.15, 0.2) is 11.6 Å². The monoisotopic (exact) mass is 368 g/mol. The van der Waals surface area contributed by atoms with E-state index < -0.39 is 0 Å². The second kappa shape index (κ2) is 7.34. The van der Waals surface area contributed by atoms with Gasteiger partial charge in [-0.1, -0.05) is 18.2 Å². The molecule has 0 bridgehead atoms. The Morgan fingerprint density at radius 3 is 2.63 bits per heavy atom. The molecule has 4 heterocycles. The minimum absolute atomic E-state index is 0.415. The highest BCUT2D eigenvalue weighted by Crippen LogP contribution is 2.35. The Labute approximate surface area is 160 Å². The fraction of sp³-hybridized carbons (Fsp3) is 0.619. The van der Waals surface area contributed by atoms with Crippen LogP contribution in [0.4, 0.5) is 0 Å². The normalized spacial score (nSPS) is 22.3. The van der Waals surface area contributed by atoms with E-state index in [1.165, 1.54) is 16.7 Å². The van der Waals surface area contributed by atoms with Gasteiger partial charge < -0.3 is 14.4 Å². The van der Waals surface area contributed by atoms with Gasteiger partial charge >= 0.3 is 0 Å². The van der Waals surface area contributed by atoms with Gasteiger partial charge in [-0.15, -0.1) is 0 Å². The zero-order valence-electron chi connectivity index (χ0n) is 16.1. The average Bonchev–Trinajstić information content (AvgIpc) is 3.36. The van der Waals surface area contributed by atoms with Crippen molar-refractivity contribution in [3.63, 3.8) is 0 Å². The smallest absolute Gasteiger partial charge is 0.159 e. The summed E-state index contributed by atoms with van der Waals surface area (Å²) in [5.41, 5.74) is 3.78. The van der Waals surface area contributed by atoms with Crippen LogP contribution in [0.1, 0.15) is 54.6 Å². The van der Waals surface area contributed by atoms with Crippen LogP contribution in [-0.2, 0) is 22.7 Å². The first-order valence-corrected chi connectivity index (χ1v) is 10.2. The van der Waals surface area contributed by atoms with Gasteiger partial charge in [0.05, 0.1) is 19.3 Å². The van der Waals surface area contributed by atoms with E-state index in [1.807, 2.05) is 0 Å². The molecule has 0 saturated carbocycles. The van der Waals surface area contributed by atoms with Gasteiger partial charge in [-0.25, -0.2) is 9.67 Å². The summed E-state index contributed by atoms with van der Waals surface area (Å²) in [5, 5.41) is 5.08. The molecule has 0 amide bonds. The first-order valence-electron chi connectivity index (χ1n) is 10.2. The van der Waals surface area contributed by atoms with Crippen molar-refractivity contribution in [1.29, 1.82) is 0 Å². The number of fused-ring (bicyclic) bond motifs is 1. The molecule has 2 aromatic rings. The third kappa shape index (κ3) is 3.30. The van der Waals surface area contributed by atoms with E-state index in [1.54, 1.807) is 0 Å². The molecular formula is C21H28N4O2. The Bertz CT molecular complexity index is 805. The van der Waals surface area contributed by atoms with Crippen LogP contribution in [0.2, 0.25) is 0 Å². The number of rotatable bonds is 3. The molecule has 2 fully saturated rings. The minimum Gasteiger partial charge on any atom is -0.381 e. The van der Waals surface area contributed by atoms with Crippen molar-refractivity contribution in [2.75, 3.05) is 33.4 Å². The summed E-state index contributed by atoms with van der Waals surface area (Å²) in [6, 6.07) is 6.92. The van der Waals surface area contributed by atoms with E-state index >= 15 is 0 Å². The maximum atomic E-state index is 5.72. The number of likely N-dealkylation sites (tertiary alicyclic amines) is 1. The van der Waals surface area contributed by atoms with Crippen LogP contribution in [-0.4, -0.2) is 53.0 Å². The van der Waals surface area contributed by atoms with Gasteiger partial charge in [0.25, 0.3) is 0 Å². The molecule has 27 heavy (non-hydrogen) atoms. The molecule has 0 aliphatic carbocycles. The minimum atomic E-state index is 0.415. The fourth-order valence-corrected chi connectivity index (χ4v) is 4.56. The molecule has 0 unspecified atom stereocenters. The molecule has 3 aliphatic rings. The van der Waals surface area contributed by atoms with Crippen LogP contribution in [0.15, 0.2) is 18.2 Å². The number of hydrogen-bond donors (Lipinski definition) is 0. The van der Waals surface area contributed by atoms with Crippen LogP contribution in [0.5, 0.6) is 0 Å². The first-order chi connectivity index (χ1) is 13.3. The summed E-state index contributed by atoms with van der Waals surface area (Å²) < 4.78 is 13.5. The number of hydrogen-bond acceptors (Lipinski definition) is 5. The summed E-state index contributed by atoms with van der Waals surface area (Å²) >= 11 is 0. The molecule has 3 aliphatic heterocycles. The number of piperidine rings is 1. The Balaban J connectivity index is 1.56. The highest BCUT2D eigenvalue weighted by molar-refractivity contribution is 5.63. The molecule has 1 aromatic carbocycles. The van der Waals surface area contributed by atoms with Crippen molar-refractivity contribution in [2.24, 2.45) is 0 Å². The molecule has 144 valence electrons. The maximum Gasteiger partial charge on any atom is 0.159 e. The maximum absolute atomic E-state index is 5.72. The first kappa shape index (κ1) is 17.3. The number of benzene rings is 1. The van der Waals surface area contributed by atoms with Gasteiger partial charge in [-0.05, 0) is 56.9 Å². The molecule has 5 rings (SSSR count). The van der Waals surface area contributed by atoms with E-state index in [2.05, 4.69) is 34.8 Å². The molecule has 0 spiro atoms. The number of aromatic nitrogens is 3. The lowest BCUT2D eigenvalue weighted by Gasteiger charge is -2.29. The van der Waals surface area contributed by atoms with Crippen molar-refractivity contribution in [1.82, 2.24) is 19.7 Å². The van der Waals surface area contributed by atoms with Crippen LogP contribution >= 0.6 is 0 Å². The third-order valence-corrected chi connectivity index (χ3v) is 6.29. The quantitative estimate of drug-likeness (QED) is 0.833. The average molecular weight is 368 g/mol. The van der Waals surface area contributed by atoms with Gasteiger partial charge in [0.1, 0.15) is 0 Å². The second-order valence-electron chi connectivity index (χ2n) is 8.10. The molecule has 1 aromatic heterocycles. The summed E-state index contributed by atoms with van der Waals surface area (Å²) in [5.74, 6) is 2.45. The summed E-state index contributed by atoms with van der Waals surface area (Å²) in [4.78, 5) is 7.51. The lowest BCUT2D eigenvalue weighted by atomic mass is 9.99. The van der Waals surface area contributed by atoms with Crippen LogP contribution in [0.25, 0.3) is 11.4 Å². The zero-order chi connectivity index (χ0) is 18.2. The second-order valence-corrected chi connectivity index (χ2v) is 8.10. The lowest BCUT2D eigenvalue weighted by molar-refractivity contribution is 0.0834. The summed E-state index contributed by atoms with van der Waals surface area (Å²) in [7, 11) is 2.20. The zero-order valence-corrected chi connectivity index (χ0v) is 16.1. The van der Waals surface area contributed by atoms with E-state index in [0.717, 1.165) is 63.6 Å². The molecule has 0 radical (unpaired) electrons. The molecule has 0 atom stereocenters. The van der Waals surface area contributed by atoms with Crippen molar-refractivity contribution < 1.29 is 9.47 Å². The van der Waals surface area contributed by atoms with Crippen LogP contribution in [0.3, 0.4) is 0 Å². The SMILES string of the molecule is CN1CCC(n2nc(C3CCOCC3)nc2-c2cccc3c2COC3)CC1. The summed E-state index contributed by atoms with van der Waals surface area (Å²) in [6.07, 6.45) is 4.30. The Hall–Kier alpha value is -1.76. The summed E-state index contributed by atoms with van der Waals surface area (Å²) in [6.45, 7) is 5.25. The Morgan fingerprint density at radius 1 is 1.00 bits per heavy atom. The van der Waals surface area contributed by atoms with Gasteiger partial charge in [-0.2, -0.15) is 5.10 Å². The Morgan fingerprint density at radius 2 is 1.81 bits per heavy atom. The van der Waals surface area contributed by atoms with Crippen LogP contribution in [0, 0.1) is 0 Å². The van der Waals surface area contributed by atoms with Crippen LogP contribution < -0.4 is 0 Å². The van der Waals surface area contributed by atoms with Gasteiger partial charge in [-0.3, -0.25) is 0 Å². The highest BCUT2D eigenvalue weighted by Gasteiger charge is 2.29. The highest BCUT2D eigenvalue weighted by atomic mass is 16.5. The standard InChI is InChI=1S/C21H28N4O2/c1-24-9-5-17(6-10-24)25-21(18-4-2-3-16-13-27-14-19(16)18)22-20(23-25)15-7-11-26-12-8-15/h2-4,15,17H,5-14H2,1H3. The predicted octanol–water partition coefficient (Wildman–Crippen LogP) is 3.14. The van der Waals surface area contributed by atoms with E-state index in [9.17, 15) is 0 Å². The van der Waals surface area contributed by atoms with E-state index in [4.69, 9.17) is 19.6 Å². The lowest BCUT2D eigenvalue weighted by Crippen LogP contribution is -2.32. The predicted molar refractivity (Wildman–Crippen MR) is 103 cm³/mol. The largest absolute Gasteiger partial charge is 0.381 e. The molecule has 6 nitrogen and oxygen atoms in total. The van der Waals surface area contributed by atoms with Crippen molar-refractivity contribution in [3.8, 4) is 11.4 Å². The van der Waals surface area contributed by atoms with E-state index in [-0.39, 0.29) is 0 Å². The fourth-order valence-electron chi connectivity index (χ4n) is 4.56.